The highest BCUT2D eigenvalue weighted by Gasteiger charge is 2.15. The maximum Gasteiger partial charge on any atom is 0.224 e. The molecule has 0 saturated heterocycles. The summed E-state index contributed by atoms with van der Waals surface area (Å²) in [5.74, 6) is 1.56. The molecule has 0 saturated carbocycles. The van der Waals surface area contributed by atoms with Crippen LogP contribution in [0.25, 0.3) is 0 Å². The van der Waals surface area contributed by atoms with Gasteiger partial charge in [-0.25, -0.2) is 0 Å². The summed E-state index contributed by atoms with van der Waals surface area (Å²) in [7, 11) is 0. The number of nitrogens with one attached hydrogen (secondary N) is 1. The number of aliphatic hydroxyl groups is 1. The third-order valence-corrected chi connectivity index (χ3v) is 3.55. The normalized spacial score (nSPS) is 12.2. The predicted octanol–water partition coefficient (Wildman–Crippen LogP) is 3.02. The maximum absolute atomic E-state index is 11.9. The second kappa shape index (κ2) is 8.39. The van der Waals surface area contributed by atoms with Gasteiger partial charge in [0.25, 0.3) is 0 Å². The highest BCUT2D eigenvalue weighted by Crippen LogP contribution is 2.18. The van der Waals surface area contributed by atoms with Crippen LogP contribution in [0.5, 0.6) is 5.75 Å². The van der Waals surface area contributed by atoms with Gasteiger partial charge < -0.3 is 19.6 Å². The van der Waals surface area contributed by atoms with Crippen LogP contribution < -0.4 is 10.1 Å². The van der Waals surface area contributed by atoms with Crippen molar-refractivity contribution in [2.45, 2.75) is 32.2 Å². The van der Waals surface area contributed by atoms with Gasteiger partial charge in [-0.2, -0.15) is 0 Å². The Balaban J connectivity index is 1.76. The highest BCUT2D eigenvalue weighted by atomic mass is 16.5. The van der Waals surface area contributed by atoms with E-state index >= 15 is 0 Å². The smallest absolute Gasteiger partial charge is 0.224 e. The monoisotopic (exact) mass is 317 g/mol. The molecule has 23 heavy (non-hydrogen) atoms. The number of hydrogen-bond acceptors (Lipinski definition) is 4. The van der Waals surface area contributed by atoms with E-state index in [9.17, 15) is 9.90 Å². The molecule has 0 spiro atoms. The summed E-state index contributed by atoms with van der Waals surface area (Å²) in [6.45, 7) is 4.34. The minimum Gasteiger partial charge on any atom is -0.493 e. The average molecular weight is 317 g/mol. The van der Waals surface area contributed by atoms with E-state index in [0.717, 1.165) is 5.75 Å². The Kier molecular flexibility index (Phi) is 6.23. The van der Waals surface area contributed by atoms with Crippen molar-refractivity contribution in [2.75, 3.05) is 13.2 Å². The SMILES string of the molecule is CC(C)c1ccc(OCCC(=O)NC(CO)c2ccco2)cc1. The van der Waals surface area contributed by atoms with E-state index in [2.05, 4.69) is 19.2 Å². The first-order valence-corrected chi connectivity index (χ1v) is 7.76. The number of carbonyl (C=O) groups is 1. The molecule has 5 nitrogen and oxygen atoms in total. The predicted molar refractivity (Wildman–Crippen MR) is 87.3 cm³/mol. The van der Waals surface area contributed by atoms with E-state index in [1.807, 2.05) is 24.3 Å². The molecule has 1 aromatic heterocycles. The van der Waals surface area contributed by atoms with Gasteiger partial charge in [-0.3, -0.25) is 4.79 Å². The first kappa shape index (κ1) is 17.1. The van der Waals surface area contributed by atoms with E-state index in [4.69, 9.17) is 9.15 Å². The summed E-state index contributed by atoms with van der Waals surface area (Å²) >= 11 is 0. The molecule has 2 aromatic rings. The molecule has 0 aliphatic heterocycles. The lowest BCUT2D eigenvalue weighted by molar-refractivity contribution is -0.122. The molecule has 0 fully saturated rings. The lowest BCUT2D eigenvalue weighted by atomic mass is 10.0. The molecule has 1 heterocycles. The van der Waals surface area contributed by atoms with Crippen molar-refractivity contribution in [2.24, 2.45) is 0 Å². The third kappa shape index (κ3) is 5.14. The Hall–Kier alpha value is -2.27. The highest BCUT2D eigenvalue weighted by molar-refractivity contribution is 5.76. The third-order valence-electron chi connectivity index (χ3n) is 3.55. The minimum atomic E-state index is -0.525. The molecule has 1 amide bonds. The Labute approximate surface area is 136 Å². The van der Waals surface area contributed by atoms with Crippen molar-refractivity contribution in [3.8, 4) is 5.75 Å². The van der Waals surface area contributed by atoms with Crippen LogP contribution in [0.1, 0.15) is 43.6 Å². The van der Waals surface area contributed by atoms with Crippen molar-refractivity contribution in [3.63, 3.8) is 0 Å². The Bertz CT molecular complexity index is 590. The molecule has 0 bridgehead atoms. The summed E-state index contributed by atoms with van der Waals surface area (Å²) in [6.07, 6.45) is 1.72. The zero-order valence-corrected chi connectivity index (χ0v) is 13.5. The lowest BCUT2D eigenvalue weighted by Gasteiger charge is -2.14. The lowest BCUT2D eigenvalue weighted by Crippen LogP contribution is -2.31. The Morgan fingerprint density at radius 2 is 2.00 bits per heavy atom. The molecular formula is C18H23NO4. The molecule has 1 atom stereocenters. The number of furan rings is 1. The zero-order valence-electron chi connectivity index (χ0n) is 13.5. The largest absolute Gasteiger partial charge is 0.493 e. The average Bonchev–Trinajstić information content (AvgIpc) is 3.07. The van der Waals surface area contributed by atoms with Gasteiger partial charge in [0, 0.05) is 0 Å². The van der Waals surface area contributed by atoms with Crippen molar-refractivity contribution in [1.29, 1.82) is 0 Å². The fourth-order valence-corrected chi connectivity index (χ4v) is 2.17. The number of rotatable bonds is 8. The minimum absolute atomic E-state index is 0.195. The van der Waals surface area contributed by atoms with Gasteiger partial charge in [-0.15, -0.1) is 0 Å². The molecule has 0 aliphatic carbocycles. The van der Waals surface area contributed by atoms with Crippen LogP contribution in [-0.4, -0.2) is 24.2 Å². The molecule has 0 radical (unpaired) electrons. The topological polar surface area (TPSA) is 71.7 Å². The maximum atomic E-state index is 11.9. The van der Waals surface area contributed by atoms with Crippen LogP contribution in [0.3, 0.4) is 0 Å². The van der Waals surface area contributed by atoms with Crippen molar-refractivity contribution < 1.29 is 19.1 Å². The van der Waals surface area contributed by atoms with Crippen molar-refractivity contribution in [3.05, 3.63) is 54.0 Å². The van der Waals surface area contributed by atoms with E-state index in [-0.39, 0.29) is 25.5 Å². The summed E-state index contributed by atoms with van der Waals surface area (Å²) < 4.78 is 10.8. The number of ether oxygens (including phenoxy) is 1. The van der Waals surface area contributed by atoms with Crippen LogP contribution in [0.15, 0.2) is 47.1 Å². The molecule has 2 rings (SSSR count). The number of amides is 1. The van der Waals surface area contributed by atoms with E-state index in [1.165, 1.54) is 11.8 Å². The fourth-order valence-electron chi connectivity index (χ4n) is 2.17. The molecule has 1 unspecified atom stereocenters. The molecule has 2 N–H and O–H groups in total. The van der Waals surface area contributed by atoms with Gasteiger partial charge in [0.1, 0.15) is 17.6 Å². The van der Waals surface area contributed by atoms with E-state index in [1.54, 1.807) is 12.1 Å². The number of aliphatic hydroxyl groups excluding tert-OH is 1. The van der Waals surface area contributed by atoms with E-state index < -0.39 is 6.04 Å². The first-order valence-electron chi connectivity index (χ1n) is 7.76. The van der Waals surface area contributed by atoms with Crippen LogP contribution in [-0.2, 0) is 4.79 Å². The van der Waals surface area contributed by atoms with Gasteiger partial charge in [-0.05, 0) is 35.7 Å². The quantitative estimate of drug-likeness (QED) is 0.785. The Morgan fingerprint density at radius 1 is 1.26 bits per heavy atom. The summed E-state index contributed by atoms with van der Waals surface area (Å²) in [4.78, 5) is 11.9. The standard InChI is InChI=1S/C18H23NO4/c1-13(2)14-5-7-15(8-6-14)22-11-9-18(21)19-16(12-20)17-4-3-10-23-17/h3-8,10,13,16,20H,9,11-12H2,1-2H3,(H,19,21). The van der Waals surface area contributed by atoms with Gasteiger partial charge >= 0.3 is 0 Å². The van der Waals surface area contributed by atoms with Crippen LogP contribution in [0, 0.1) is 0 Å². The molecule has 124 valence electrons. The second-order valence-electron chi connectivity index (χ2n) is 5.64. The number of hydrogen-bond donors (Lipinski definition) is 2. The van der Waals surface area contributed by atoms with Gasteiger partial charge in [0.05, 0.1) is 25.9 Å². The van der Waals surface area contributed by atoms with Gasteiger partial charge in [0.15, 0.2) is 0 Å². The van der Waals surface area contributed by atoms with Crippen molar-refractivity contribution >= 4 is 5.91 Å². The Morgan fingerprint density at radius 3 is 2.57 bits per heavy atom. The summed E-state index contributed by atoms with van der Waals surface area (Å²) in [6, 6.07) is 10.8. The van der Waals surface area contributed by atoms with Crippen molar-refractivity contribution in [1.82, 2.24) is 5.32 Å². The van der Waals surface area contributed by atoms with E-state index in [0.29, 0.717) is 11.7 Å². The van der Waals surface area contributed by atoms with Gasteiger partial charge in [-0.1, -0.05) is 26.0 Å². The van der Waals surface area contributed by atoms with Gasteiger partial charge in [0.2, 0.25) is 5.91 Å². The molecule has 0 aliphatic rings. The summed E-state index contributed by atoms with van der Waals surface area (Å²) in [5, 5.41) is 12.0. The first-order chi connectivity index (χ1) is 11.1. The zero-order chi connectivity index (χ0) is 16.7. The van der Waals surface area contributed by atoms with Crippen LogP contribution >= 0.6 is 0 Å². The number of carbonyl (C=O) groups excluding carboxylic acids is 1. The van der Waals surface area contributed by atoms with Crippen LogP contribution in [0.2, 0.25) is 0 Å². The van der Waals surface area contributed by atoms with Crippen LogP contribution in [0.4, 0.5) is 0 Å². The summed E-state index contributed by atoms with van der Waals surface area (Å²) in [5.41, 5.74) is 1.25. The fraction of sp³-hybridized carbons (Fsp3) is 0.389. The second-order valence-corrected chi connectivity index (χ2v) is 5.64. The molecular weight excluding hydrogens is 294 g/mol. The molecule has 1 aromatic carbocycles. The molecule has 5 heteroatoms. The number of benzene rings is 1.